The Labute approximate surface area is 171 Å². The molecule has 2 aliphatic rings. The zero-order valence-corrected chi connectivity index (χ0v) is 17.8. The maximum absolute atomic E-state index is 13.3. The summed E-state index contributed by atoms with van der Waals surface area (Å²) in [4.78, 5) is 11.9. The fourth-order valence-corrected chi connectivity index (χ4v) is 5.22. The highest BCUT2D eigenvalue weighted by atomic mass is 32.2. The van der Waals surface area contributed by atoms with Gasteiger partial charge in [-0.15, -0.1) is 0 Å². The van der Waals surface area contributed by atoms with Crippen LogP contribution in [-0.4, -0.2) is 48.6 Å². The largest absolute Gasteiger partial charge is 0.352 e. The van der Waals surface area contributed by atoms with Crippen LogP contribution in [-0.2, 0) is 23.0 Å². The van der Waals surface area contributed by atoms with Crippen molar-refractivity contribution in [1.29, 1.82) is 0 Å². The number of rotatable bonds is 4. The first-order chi connectivity index (χ1) is 13.8. The lowest BCUT2D eigenvalue weighted by Gasteiger charge is -2.34. The van der Waals surface area contributed by atoms with Gasteiger partial charge in [0.15, 0.2) is 0 Å². The number of hydrogen-bond donors (Lipinski definition) is 0. The Kier molecular flexibility index (Phi) is 5.57. The molecule has 0 radical (unpaired) electrons. The van der Waals surface area contributed by atoms with Gasteiger partial charge in [0.05, 0.1) is 6.26 Å². The van der Waals surface area contributed by atoms with E-state index in [-0.39, 0.29) is 11.7 Å². The molecule has 1 atom stereocenters. The van der Waals surface area contributed by atoms with E-state index in [1.54, 1.807) is 0 Å². The topological polar surface area (TPSA) is 66.4 Å². The van der Waals surface area contributed by atoms with Crippen molar-refractivity contribution in [3.63, 3.8) is 0 Å². The van der Waals surface area contributed by atoms with E-state index in [0.717, 1.165) is 60.7 Å². The minimum atomic E-state index is -3.21. The molecule has 156 valence electrons. The van der Waals surface area contributed by atoms with Gasteiger partial charge < -0.3 is 4.90 Å². The molecule has 0 saturated carbocycles. The molecular weight excluding hydrogens is 391 g/mol. The first-order valence-electron chi connectivity index (χ1n) is 10.1. The predicted octanol–water partition coefficient (Wildman–Crippen LogP) is 3.02. The van der Waals surface area contributed by atoms with Crippen molar-refractivity contribution in [2.24, 2.45) is 0 Å². The molecule has 2 aliphatic heterocycles. The van der Waals surface area contributed by atoms with Gasteiger partial charge in [-0.3, -0.25) is 0 Å². The van der Waals surface area contributed by atoms with E-state index < -0.39 is 10.0 Å². The molecule has 8 heteroatoms. The lowest BCUT2D eigenvalue weighted by molar-refractivity contribution is 0.310. The number of aromatic nitrogens is 2. The Bertz CT molecular complexity index is 994. The van der Waals surface area contributed by atoms with Crippen LogP contribution < -0.4 is 4.90 Å². The molecule has 0 N–H and O–H groups in total. The highest BCUT2D eigenvalue weighted by Crippen LogP contribution is 2.32. The maximum Gasteiger partial charge on any atom is 0.211 e. The molecule has 1 aromatic heterocycles. The summed E-state index contributed by atoms with van der Waals surface area (Å²) >= 11 is 0. The SMILES string of the molecule is Cc1nc(C2CCCN(S(C)(=O)=O)C2)nc2c1CCCN2Cc1ccc(F)cc1. The van der Waals surface area contributed by atoms with Crippen molar-refractivity contribution in [1.82, 2.24) is 14.3 Å². The Morgan fingerprint density at radius 2 is 1.90 bits per heavy atom. The Morgan fingerprint density at radius 1 is 1.14 bits per heavy atom. The van der Waals surface area contributed by atoms with Crippen LogP contribution in [0.15, 0.2) is 24.3 Å². The molecule has 1 saturated heterocycles. The molecule has 29 heavy (non-hydrogen) atoms. The summed E-state index contributed by atoms with van der Waals surface area (Å²) in [6.07, 6.45) is 4.95. The molecule has 3 heterocycles. The van der Waals surface area contributed by atoms with Crippen LogP contribution in [0.1, 0.15) is 47.8 Å². The predicted molar refractivity (Wildman–Crippen MR) is 111 cm³/mol. The van der Waals surface area contributed by atoms with E-state index in [0.29, 0.717) is 19.6 Å². The fraction of sp³-hybridized carbons (Fsp3) is 0.524. The third-order valence-corrected chi connectivity index (χ3v) is 7.14. The van der Waals surface area contributed by atoms with E-state index in [2.05, 4.69) is 4.90 Å². The zero-order chi connectivity index (χ0) is 20.6. The van der Waals surface area contributed by atoms with Gasteiger partial charge in [0.2, 0.25) is 10.0 Å². The van der Waals surface area contributed by atoms with Crippen LogP contribution in [0.5, 0.6) is 0 Å². The van der Waals surface area contributed by atoms with Gasteiger partial charge in [0, 0.05) is 43.4 Å². The van der Waals surface area contributed by atoms with Crippen molar-refractivity contribution in [2.45, 2.75) is 45.1 Å². The van der Waals surface area contributed by atoms with Crippen LogP contribution in [0.25, 0.3) is 0 Å². The number of hydrogen-bond acceptors (Lipinski definition) is 5. The standard InChI is InChI=1S/C21H27FN4O2S/c1-15-19-6-4-11-25(13-16-7-9-18(22)10-8-16)21(19)24-20(23-15)17-5-3-12-26(14-17)29(2,27)28/h7-10,17H,3-6,11-14H2,1-2H3. The lowest BCUT2D eigenvalue weighted by Crippen LogP contribution is -2.39. The van der Waals surface area contributed by atoms with E-state index in [9.17, 15) is 12.8 Å². The highest BCUT2D eigenvalue weighted by Gasteiger charge is 2.30. The fourth-order valence-electron chi connectivity index (χ4n) is 4.31. The van der Waals surface area contributed by atoms with Crippen molar-refractivity contribution in [2.75, 3.05) is 30.8 Å². The summed E-state index contributed by atoms with van der Waals surface area (Å²) < 4.78 is 38.8. The molecule has 1 aromatic carbocycles. The Hall–Kier alpha value is -2.06. The van der Waals surface area contributed by atoms with Crippen molar-refractivity contribution in [3.8, 4) is 0 Å². The molecular formula is C21H27FN4O2S. The summed E-state index contributed by atoms with van der Waals surface area (Å²) in [6.45, 7) is 4.58. The maximum atomic E-state index is 13.3. The second-order valence-corrected chi connectivity index (χ2v) is 10.1. The molecule has 0 aliphatic carbocycles. The van der Waals surface area contributed by atoms with E-state index in [4.69, 9.17) is 9.97 Å². The lowest BCUT2D eigenvalue weighted by atomic mass is 9.97. The van der Waals surface area contributed by atoms with Gasteiger partial charge in [-0.1, -0.05) is 12.1 Å². The van der Waals surface area contributed by atoms with Gasteiger partial charge in [0.1, 0.15) is 17.5 Å². The quantitative estimate of drug-likeness (QED) is 0.764. The average molecular weight is 419 g/mol. The van der Waals surface area contributed by atoms with Gasteiger partial charge >= 0.3 is 0 Å². The number of fused-ring (bicyclic) bond motifs is 1. The van der Waals surface area contributed by atoms with Crippen molar-refractivity contribution < 1.29 is 12.8 Å². The number of halogens is 1. The third-order valence-electron chi connectivity index (χ3n) is 5.87. The summed E-state index contributed by atoms with van der Waals surface area (Å²) in [7, 11) is -3.21. The molecule has 0 bridgehead atoms. The molecule has 0 spiro atoms. The van der Waals surface area contributed by atoms with Gasteiger partial charge in [-0.05, 0) is 50.3 Å². The summed E-state index contributed by atoms with van der Waals surface area (Å²) in [6, 6.07) is 6.59. The zero-order valence-electron chi connectivity index (χ0n) is 16.9. The number of aryl methyl sites for hydroxylation is 1. The van der Waals surface area contributed by atoms with Crippen LogP contribution in [0.4, 0.5) is 10.2 Å². The third kappa shape index (κ3) is 4.43. The summed E-state index contributed by atoms with van der Waals surface area (Å²) in [5.41, 5.74) is 3.18. The molecule has 0 amide bonds. The Balaban J connectivity index is 1.63. The monoisotopic (exact) mass is 418 g/mol. The van der Waals surface area contributed by atoms with Gasteiger partial charge in [0.25, 0.3) is 0 Å². The highest BCUT2D eigenvalue weighted by molar-refractivity contribution is 7.88. The second-order valence-electron chi connectivity index (χ2n) is 8.08. The van der Waals surface area contributed by atoms with Crippen LogP contribution in [0.2, 0.25) is 0 Å². The second kappa shape index (κ2) is 7.99. The first kappa shape index (κ1) is 20.2. The van der Waals surface area contributed by atoms with Crippen molar-refractivity contribution in [3.05, 3.63) is 52.7 Å². The minimum absolute atomic E-state index is 0.0112. The van der Waals surface area contributed by atoms with Crippen molar-refractivity contribution >= 4 is 15.8 Å². The molecule has 2 aromatic rings. The first-order valence-corrected chi connectivity index (χ1v) is 12.0. The normalized spacial score (nSPS) is 20.5. The molecule has 4 rings (SSSR count). The number of benzene rings is 1. The van der Waals surface area contributed by atoms with Gasteiger partial charge in [-0.2, -0.15) is 0 Å². The summed E-state index contributed by atoms with van der Waals surface area (Å²) in [5.74, 6) is 1.46. The van der Waals surface area contributed by atoms with Crippen LogP contribution in [0.3, 0.4) is 0 Å². The van der Waals surface area contributed by atoms with E-state index in [1.165, 1.54) is 22.7 Å². The molecule has 1 unspecified atom stereocenters. The Morgan fingerprint density at radius 3 is 2.62 bits per heavy atom. The summed E-state index contributed by atoms with van der Waals surface area (Å²) in [5, 5.41) is 0. The van der Waals surface area contributed by atoms with E-state index >= 15 is 0 Å². The average Bonchev–Trinajstić information content (AvgIpc) is 2.70. The number of nitrogens with zero attached hydrogens (tertiary/aromatic N) is 4. The minimum Gasteiger partial charge on any atom is -0.352 e. The number of piperidine rings is 1. The van der Waals surface area contributed by atoms with Crippen LogP contribution in [0, 0.1) is 12.7 Å². The molecule has 6 nitrogen and oxygen atoms in total. The van der Waals surface area contributed by atoms with Crippen LogP contribution >= 0.6 is 0 Å². The van der Waals surface area contributed by atoms with E-state index in [1.807, 2.05) is 19.1 Å². The number of sulfonamides is 1. The molecule has 1 fully saturated rings. The number of anilines is 1. The van der Waals surface area contributed by atoms with Gasteiger partial charge in [-0.25, -0.2) is 27.1 Å². The smallest absolute Gasteiger partial charge is 0.211 e.